The standard InChI is InChI=1S/C13H17N2O2/c1-12(2)13(3,4)15(17)11(14(12)16)10-8-6-5-7-9-10/h5-9H,1-4H3/i1D3,2D3,3D3,4D3,5D,6D,7D,8D,9D. The van der Waals surface area contributed by atoms with Crippen LogP contribution in [0.3, 0.4) is 0 Å². The van der Waals surface area contributed by atoms with Crippen LogP contribution in [0, 0.1) is 5.21 Å². The van der Waals surface area contributed by atoms with Crippen molar-refractivity contribution in [2.75, 3.05) is 0 Å². The van der Waals surface area contributed by atoms with Crippen LogP contribution in [-0.4, -0.2) is 26.7 Å². The van der Waals surface area contributed by atoms with E-state index in [1.54, 1.807) is 0 Å². The van der Waals surface area contributed by atoms with Crippen LogP contribution in [0.4, 0.5) is 0 Å². The molecule has 2 rings (SSSR count). The molecule has 17 heavy (non-hydrogen) atoms. The number of hydrogen-bond acceptors (Lipinski definition) is 2. The van der Waals surface area contributed by atoms with Gasteiger partial charge in [-0.1, -0.05) is 23.2 Å². The van der Waals surface area contributed by atoms with Gasteiger partial charge in [0.1, 0.15) is 5.54 Å². The molecule has 0 atom stereocenters. The molecule has 0 N–H and O–H groups in total. The molecule has 0 saturated heterocycles. The number of hydrogen-bond donors (Lipinski definition) is 0. The number of benzene rings is 1. The molecule has 0 amide bonds. The fourth-order valence-corrected chi connectivity index (χ4v) is 1.26. The maximum atomic E-state index is 13.5. The lowest BCUT2D eigenvalue weighted by atomic mass is 9.84. The predicted molar refractivity (Wildman–Crippen MR) is 64.9 cm³/mol. The van der Waals surface area contributed by atoms with Crippen molar-refractivity contribution >= 4 is 5.84 Å². The Hall–Kier alpha value is -1.55. The summed E-state index contributed by atoms with van der Waals surface area (Å²) >= 11 is 0. The van der Waals surface area contributed by atoms with Crippen LogP contribution >= 0.6 is 0 Å². The van der Waals surface area contributed by atoms with Crippen LogP contribution in [0.5, 0.6) is 0 Å². The van der Waals surface area contributed by atoms with Crippen molar-refractivity contribution in [3.05, 3.63) is 41.0 Å². The Labute approximate surface area is 125 Å². The molecule has 1 aromatic rings. The highest BCUT2D eigenvalue weighted by molar-refractivity contribution is 5.95. The van der Waals surface area contributed by atoms with Gasteiger partial charge in [-0.3, -0.25) is 4.74 Å². The summed E-state index contributed by atoms with van der Waals surface area (Å²) in [6, 6.07) is -5.87. The van der Waals surface area contributed by atoms with E-state index in [2.05, 4.69) is 0 Å². The maximum absolute atomic E-state index is 13.5. The molecule has 1 aliphatic rings. The van der Waals surface area contributed by atoms with Gasteiger partial charge in [0.15, 0.2) is 5.54 Å². The summed E-state index contributed by atoms with van der Waals surface area (Å²) in [6.07, 6.45) is 0. The first-order chi connectivity index (χ1) is 14.9. The van der Waals surface area contributed by atoms with E-state index in [9.17, 15) is 10.4 Å². The second-order valence-corrected chi connectivity index (χ2v) is 3.33. The minimum Gasteiger partial charge on any atom is -0.714 e. The van der Waals surface area contributed by atoms with Gasteiger partial charge in [-0.05, 0) is 39.5 Å². The van der Waals surface area contributed by atoms with Crippen molar-refractivity contribution in [1.82, 2.24) is 5.06 Å². The fourth-order valence-electron chi connectivity index (χ4n) is 1.26. The minimum atomic E-state index is -4.48. The van der Waals surface area contributed by atoms with Gasteiger partial charge in [-0.2, -0.15) is 0 Å². The molecule has 0 unspecified atom stereocenters. The quantitative estimate of drug-likeness (QED) is 0.566. The molecule has 0 aliphatic carbocycles. The van der Waals surface area contributed by atoms with Crippen molar-refractivity contribution < 1.29 is 33.2 Å². The Morgan fingerprint density at radius 1 is 1.29 bits per heavy atom. The predicted octanol–water partition coefficient (Wildman–Crippen LogP) is 2.16. The van der Waals surface area contributed by atoms with Gasteiger partial charge in [0.2, 0.25) is 0 Å². The summed E-state index contributed by atoms with van der Waals surface area (Å²) in [6.45, 7) is -17.2. The molecular formula is C13H17N2O2. The Morgan fingerprint density at radius 2 is 1.94 bits per heavy atom. The molecule has 91 valence electrons. The lowest BCUT2D eigenvalue weighted by Gasteiger charge is -2.32. The average molecular weight is 250 g/mol. The summed E-state index contributed by atoms with van der Waals surface area (Å²) in [5, 5.41) is 25.9. The van der Waals surface area contributed by atoms with Crippen molar-refractivity contribution in [3.8, 4) is 0 Å². The van der Waals surface area contributed by atoms with Crippen LogP contribution in [-0.2, 0) is 5.21 Å². The highest BCUT2D eigenvalue weighted by atomic mass is 16.5. The van der Waals surface area contributed by atoms with Gasteiger partial charge in [0, 0.05) is 21.7 Å². The molecule has 0 fully saturated rings. The maximum Gasteiger partial charge on any atom is 0.316 e. The van der Waals surface area contributed by atoms with Gasteiger partial charge < -0.3 is 5.21 Å². The van der Waals surface area contributed by atoms with Gasteiger partial charge in [0.05, 0.1) is 12.4 Å². The Balaban J connectivity index is 3.38. The van der Waals surface area contributed by atoms with Crippen molar-refractivity contribution in [1.29, 1.82) is 0 Å². The second kappa shape index (κ2) is 3.47. The highest BCUT2D eigenvalue weighted by Gasteiger charge is 2.59. The van der Waals surface area contributed by atoms with E-state index in [1.807, 2.05) is 0 Å². The molecule has 4 heteroatoms. The Morgan fingerprint density at radius 3 is 2.41 bits per heavy atom. The SMILES string of the molecule is [2H]c1c([2H])c([2H])c(C2=[N+]([O-])C(C([2H])([2H])[2H])(C([2H])([2H])[2H])C(C([2H])([2H])[2H])(C([2H])([2H])[2H])N2[O])c([2H])c1[2H]. The zero-order valence-electron chi connectivity index (χ0n) is 25.2. The first-order valence-corrected chi connectivity index (χ1v) is 4.26. The summed E-state index contributed by atoms with van der Waals surface area (Å²) in [5.41, 5.74) is -10.3. The zero-order chi connectivity index (χ0) is 27.2. The Kier molecular flexibility index (Phi) is 0.588. The van der Waals surface area contributed by atoms with Crippen LogP contribution in [0.1, 0.15) is 56.3 Å². The van der Waals surface area contributed by atoms with E-state index in [-0.39, 0.29) is 0 Å². The molecule has 1 aliphatic heterocycles. The smallest absolute Gasteiger partial charge is 0.316 e. The van der Waals surface area contributed by atoms with Gasteiger partial charge in [-0.15, -0.1) is 0 Å². The summed E-state index contributed by atoms with van der Waals surface area (Å²) in [4.78, 5) is 0. The monoisotopic (exact) mass is 250 g/mol. The topological polar surface area (TPSA) is 49.2 Å². The first kappa shape index (κ1) is 2.88. The zero-order valence-corrected chi connectivity index (χ0v) is 8.21. The molecule has 0 spiro atoms. The van der Waals surface area contributed by atoms with Crippen LogP contribution < -0.4 is 0 Å². The van der Waals surface area contributed by atoms with Crippen molar-refractivity contribution in [3.63, 3.8) is 0 Å². The first-order valence-electron chi connectivity index (χ1n) is 12.8. The lowest BCUT2D eigenvalue weighted by Crippen LogP contribution is -2.53. The van der Waals surface area contributed by atoms with E-state index >= 15 is 0 Å². The third-order valence-electron chi connectivity index (χ3n) is 2.24. The molecule has 0 saturated carbocycles. The van der Waals surface area contributed by atoms with Crippen LogP contribution in [0.25, 0.3) is 0 Å². The van der Waals surface area contributed by atoms with Gasteiger partial charge >= 0.3 is 5.84 Å². The van der Waals surface area contributed by atoms with Gasteiger partial charge in [-0.25, -0.2) is 0 Å². The number of amidine groups is 1. The van der Waals surface area contributed by atoms with Crippen LogP contribution in [0.15, 0.2) is 30.2 Å². The molecule has 0 bridgehead atoms. The third-order valence-corrected chi connectivity index (χ3v) is 2.24. The Bertz CT molecular complexity index is 991. The van der Waals surface area contributed by atoms with Gasteiger partial charge in [0.25, 0.3) is 0 Å². The molecule has 4 nitrogen and oxygen atoms in total. The van der Waals surface area contributed by atoms with Crippen molar-refractivity contribution in [2.24, 2.45) is 0 Å². The molecular weight excluding hydrogens is 216 g/mol. The largest absolute Gasteiger partial charge is 0.714 e. The number of rotatable bonds is 1. The van der Waals surface area contributed by atoms with Crippen molar-refractivity contribution in [2.45, 2.75) is 38.5 Å². The molecule has 1 aromatic carbocycles. The summed E-state index contributed by atoms with van der Waals surface area (Å²) in [5.74, 6) is -1.86. The number of hydroxylamine groups is 3. The summed E-state index contributed by atoms with van der Waals surface area (Å²) < 4.78 is 131. The van der Waals surface area contributed by atoms with E-state index in [0.717, 1.165) is 0 Å². The second-order valence-electron chi connectivity index (χ2n) is 3.33. The van der Waals surface area contributed by atoms with E-state index in [4.69, 9.17) is 23.3 Å². The van der Waals surface area contributed by atoms with E-state index in [0.29, 0.717) is 0 Å². The third kappa shape index (κ3) is 1.44. The molecule has 0 aromatic heterocycles. The highest BCUT2D eigenvalue weighted by Crippen LogP contribution is 2.37. The summed E-state index contributed by atoms with van der Waals surface area (Å²) in [7, 11) is 0. The molecule has 1 radical (unpaired) electrons. The number of nitrogens with zero attached hydrogens (tertiary/aromatic N) is 2. The van der Waals surface area contributed by atoms with E-state index in [1.165, 1.54) is 0 Å². The minimum absolute atomic E-state index is 1.01. The fraction of sp³-hybridized carbons (Fsp3) is 0.462. The normalized spacial score (nSPS) is 39.6. The van der Waals surface area contributed by atoms with E-state index < -0.39 is 89.9 Å². The van der Waals surface area contributed by atoms with Crippen LogP contribution in [0.2, 0.25) is 0 Å². The molecule has 1 heterocycles. The lowest BCUT2D eigenvalue weighted by molar-refractivity contribution is -0.539. The average Bonchev–Trinajstić information content (AvgIpc) is 2.84.